The van der Waals surface area contributed by atoms with Crippen molar-refractivity contribution in [2.45, 2.75) is 13.8 Å². The van der Waals surface area contributed by atoms with E-state index in [4.69, 9.17) is 0 Å². The third kappa shape index (κ3) is 6.68. The molecule has 1 aromatic rings. The number of hydrogen-bond acceptors (Lipinski definition) is 3. The first-order chi connectivity index (χ1) is 11.6. The van der Waals surface area contributed by atoms with Crippen LogP contribution >= 0.6 is 24.0 Å². The van der Waals surface area contributed by atoms with Gasteiger partial charge in [0.15, 0.2) is 5.96 Å². The Labute approximate surface area is 165 Å². The summed E-state index contributed by atoms with van der Waals surface area (Å²) in [6, 6.07) is 6.58. The van der Waals surface area contributed by atoms with Crippen LogP contribution in [0.4, 0.5) is 10.1 Å². The molecule has 1 amide bonds. The van der Waals surface area contributed by atoms with E-state index in [0.717, 1.165) is 44.4 Å². The second-order valence-electron chi connectivity index (χ2n) is 5.57. The van der Waals surface area contributed by atoms with Crippen LogP contribution in [0.3, 0.4) is 0 Å². The number of nitrogens with one attached hydrogen (secondary N) is 2. The van der Waals surface area contributed by atoms with Crippen molar-refractivity contribution in [1.82, 2.24) is 15.5 Å². The van der Waals surface area contributed by atoms with Crippen molar-refractivity contribution < 1.29 is 9.18 Å². The van der Waals surface area contributed by atoms with Gasteiger partial charge < -0.3 is 20.4 Å². The minimum absolute atomic E-state index is 0. The van der Waals surface area contributed by atoms with Gasteiger partial charge in [0.05, 0.1) is 0 Å². The van der Waals surface area contributed by atoms with Gasteiger partial charge in [0.2, 0.25) is 5.91 Å². The summed E-state index contributed by atoms with van der Waals surface area (Å²) in [5.41, 5.74) is 1.03. The van der Waals surface area contributed by atoms with Crippen molar-refractivity contribution in [2.24, 2.45) is 4.99 Å². The zero-order valence-corrected chi connectivity index (χ0v) is 17.1. The van der Waals surface area contributed by atoms with Crippen LogP contribution in [0.15, 0.2) is 29.3 Å². The number of carbonyl (C=O) groups excluding carboxylic acids is 1. The Balaban J connectivity index is 0.00000312. The fourth-order valence-corrected chi connectivity index (χ4v) is 2.65. The van der Waals surface area contributed by atoms with E-state index in [2.05, 4.69) is 25.4 Å². The summed E-state index contributed by atoms with van der Waals surface area (Å²) >= 11 is 0. The highest BCUT2D eigenvalue weighted by Gasteiger charge is 2.20. The van der Waals surface area contributed by atoms with Gasteiger partial charge in [0.25, 0.3) is 0 Å². The van der Waals surface area contributed by atoms with E-state index in [1.165, 1.54) is 12.1 Å². The van der Waals surface area contributed by atoms with E-state index < -0.39 is 0 Å². The summed E-state index contributed by atoms with van der Waals surface area (Å²) in [6.45, 7) is 8.67. The minimum atomic E-state index is -0.218. The molecule has 0 aromatic heterocycles. The Kier molecular flexibility index (Phi) is 9.54. The molecule has 0 aliphatic carbocycles. The van der Waals surface area contributed by atoms with Gasteiger partial charge in [-0.3, -0.25) is 4.79 Å². The average Bonchev–Trinajstić information content (AvgIpc) is 2.60. The predicted octanol–water partition coefficient (Wildman–Crippen LogP) is 1.67. The van der Waals surface area contributed by atoms with E-state index in [9.17, 15) is 9.18 Å². The van der Waals surface area contributed by atoms with Crippen molar-refractivity contribution in [1.29, 1.82) is 0 Å². The maximum absolute atomic E-state index is 13.0. The molecule has 0 spiro atoms. The zero-order chi connectivity index (χ0) is 17.4. The zero-order valence-electron chi connectivity index (χ0n) is 14.8. The lowest BCUT2D eigenvalue weighted by molar-refractivity contribution is -0.119. The van der Waals surface area contributed by atoms with Crippen molar-refractivity contribution in [3.05, 3.63) is 30.1 Å². The van der Waals surface area contributed by atoms with Crippen LogP contribution in [0, 0.1) is 5.82 Å². The van der Waals surface area contributed by atoms with Crippen LogP contribution < -0.4 is 15.5 Å². The molecule has 1 fully saturated rings. The fraction of sp³-hybridized carbons (Fsp3) is 0.529. The predicted molar refractivity (Wildman–Crippen MR) is 110 cm³/mol. The number of nitrogens with zero attached hydrogens (tertiary/aromatic N) is 3. The SMILES string of the molecule is CCNC(=O)CN=C(NCC)N1CCN(c2ccc(F)cc2)CC1.I. The minimum Gasteiger partial charge on any atom is -0.368 e. The Morgan fingerprint density at radius 1 is 1.08 bits per heavy atom. The number of aliphatic imine (C=N–C) groups is 1. The first-order valence-electron chi connectivity index (χ1n) is 8.44. The summed E-state index contributed by atoms with van der Waals surface area (Å²) in [4.78, 5) is 20.4. The number of guanidine groups is 1. The van der Waals surface area contributed by atoms with Gasteiger partial charge in [-0.2, -0.15) is 0 Å². The van der Waals surface area contributed by atoms with Gasteiger partial charge in [0, 0.05) is 45.0 Å². The summed E-state index contributed by atoms with van der Waals surface area (Å²) < 4.78 is 13.0. The molecule has 1 aliphatic rings. The molecular formula is C17H27FIN5O. The molecule has 140 valence electrons. The summed E-state index contributed by atoms with van der Waals surface area (Å²) in [5.74, 6) is 0.477. The fourth-order valence-electron chi connectivity index (χ4n) is 2.65. The van der Waals surface area contributed by atoms with Gasteiger partial charge in [-0.15, -0.1) is 24.0 Å². The normalized spacial score (nSPS) is 14.8. The maximum atomic E-state index is 13.0. The van der Waals surface area contributed by atoms with Gasteiger partial charge in [-0.1, -0.05) is 0 Å². The number of carbonyl (C=O) groups is 1. The Bertz CT molecular complexity index is 559. The first kappa shape index (κ1) is 21.5. The van der Waals surface area contributed by atoms with Crippen LogP contribution in [0.1, 0.15) is 13.8 Å². The largest absolute Gasteiger partial charge is 0.368 e. The second-order valence-corrected chi connectivity index (χ2v) is 5.57. The molecule has 0 saturated carbocycles. The number of piperazine rings is 1. The molecule has 25 heavy (non-hydrogen) atoms. The van der Waals surface area contributed by atoms with Crippen molar-refractivity contribution in [2.75, 3.05) is 50.7 Å². The molecular weight excluding hydrogens is 436 g/mol. The first-order valence-corrected chi connectivity index (χ1v) is 8.44. The Morgan fingerprint density at radius 3 is 2.24 bits per heavy atom. The van der Waals surface area contributed by atoms with Crippen molar-refractivity contribution in [3.63, 3.8) is 0 Å². The number of rotatable bonds is 5. The maximum Gasteiger partial charge on any atom is 0.241 e. The number of halogens is 2. The van der Waals surface area contributed by atoms with Crippen LogP contribution in [-0.4, -0.2) is 62.6 Å². The molecule has 6 nitrogen and oxygen atoms in total. The average molecular weight is 463 g/mol. The highest BCUT2D eigenvalue weighted by atomic mass is 127. The lowest BCUT2D eigenvalue weighted by Crippen LogP contribution is -2.52. The Hall–Kier alpha value is -1.58. The van der Waals surface area contributed by atoms with Crippen LogP contribution in [0.5, 0.6) is 0 Å². The highest BCUT2D eigenvalue weighted by molar-refractivity contribution is 14.0. The number of anilines is 1. The standard InChI is InChI=1S/C17H26FN5O.HI/c1-3-19-16(24)13-21-17(20-4-2)23-11-9-22(10-12-23)15-7-5-14(18)6-8-15;/h5-8H,3-4,9-13H2,1-2H3,(H,19,24)(H,20,21);1H. The molecule has 1 aromatic carbocycles. The molecule has 2 N–H and O–H groups in total. The lowest BCUT2D eigenvalue weighted by atomic mass is 10.2. The molecule has 8 heteroatoms. The monoisotopic (exact) mass is 463 g/mol. The number of amides is 1. The third-order valence-corrected chi connectivity index (χ3v) is 3.85. The number of benzene rings is 1. The third-order valence-electron chi connectivity index (χ3n) is 3.85. The van der Waals surface area contributed by atoms with E-state index in [0.29, 0.717) is 6.54 Å². The van der Waals surface area contributed by atoms with Gasteiger partial charge in [0.1, 0.15) is 12.4 Å². The lowest BCUT2D eigenvalue weighted by Gasteiger charge is -2.37. The molecule has 0 radical (unpaired) electrons. The van der Waals surface area contributed by atoms with Gasteiger partial charge >= 0.3 is 0 Å². The molecule has 2 rings (SSSR count). The van der Waals surface area contributed by atoms with Crippen LogP contribution in [0.2, 0.25) is 0 Å². The van der Waals surface area contributed by atoms with E-state index in [1.54, 1.807) is 12.1 Å². The highest BCUT2D eigenvalue weighted by Crippen LogP contribution is 2.16. The summed E-state index contributed by atoms with van der Waals surface area (Å²) in [7, 11) is 0. The summed E-state index contributed by atoms with van der Waals surface area (Å²) in [6.07, 6.45) is 0. The number of likely N-dealkylation sites (N-methyl/N-ethyl adjacent to an activating group) is 1. The van der Waals surface area contributed by atoms with Crippen LogP contribution in [0.25, 0.3) is 0 Å². The van der Waals surface area contributed by atoms with E-state index in [1.807, 2.05) is 13.8 Å². The topological polar surface area (TPSA) is 60.0 Å². The van der Waals surface area contributed by atoms with Crippen LogP contribution in [-0.2, 0) is 4.79 Å². The second kappa shape index (κ2) is 11.1. The number of hydrogen-bond donors (Lipinski definition) is 2. The molecule has 0 unspecified atom stereocenters. The molecule has 1 heterocycles. The molecule has 0 atom stereocenters. The summed E-state index contributed by atoms with van der Waals surface area (Å²) in [5, 5.41) is 5.99. The molecule has 0 bridgehead atoms. The Morgan fingerprint density at radius 2 is 1.68 bits per heavy atom. The molecule has 1 saturated heterocycles. The van der Waals surface area contributed by atoms with Gasteiger partial charge in [-0.05, 0) is 38.1 Å². The van der Waals surface area contributed by atoms with Gasteiger partial charge in [-0.25, -0.2) is 9.38 Å². The quantitative estimate of drug-likeness (QED) is 0.397. The van der Waals surface area contributed by atoms with E-state index in [-0.39, 0.29) is 42.2 Å². The van der Waals surface area contributed by atoms with Crippen molar-refractivity contribution in [3.8, 4) is 0 Å². The van der Waals surface area contributed by atoms with E-state index >= 15 is 0 Å². The smallest absolute Gasteiger partial charge is 0.241 e. The van der Waals surface area contributed by atoms with Crippen molar-refractivity contribution >= 4 is 41.5 Å². The molecule has 1 aliphatic heterocycles.